The fourth-order valence-electron chi connectivity index (χ4n) is 2.98. The normalized spacial score (nSPS) is 14.5. The van der Waals surface area contributed by atoms with Crippen molar-refractivity contribution in [1.29, 1.82) is 0 Å². The van der Waals surface area contributed by atoms with Crippen LogP contribution in [0.15, 0.2) is 30.3 Å². The Morgan fingerprint density at radius 3 is 2.38 bits per heavy atom. The maximum atomic E-state index is 4.83. The maximum Gasteiger partial charge on any atom is 0.134 e. The Labute approximate surface area is 126 Å². The molecule has 0 unspecified atom stereocenters. The van der Waals surface area contributed by atoms with Crippen LogP contribution in [-0.4, -0.2) is 16.5 Å². The molecule has 0 aliphatic heterocycles. The van der Waals surface area contributed by atoms with Crippen LogP contribution in [0.25, 0.3) is 0 Å². The topological polar surface area (TPSA) is 37.8 Å². The molecule has 21 heavy (non-hydrogen) atoms. The van der Waals surface area contributed by atoms with Crippen molar-refractivity contribution >= 4 is 5.82 Å². The van der Waals surface area contributed by atoms with Crippen LogP contribution in [0.5, 0.6) is 0 Å². The molecular formula is C18H23N3. The van der Waals surface area contributed by atoms with E-state index in [2.05, 4.69) is 56.4 Å². The lowest BCUT2D eigenvalue weighted by molar-refractivity contribution is 0.665. The highest BCUT2D eigenvalue weighted by molar-refractivity contribution is 5.40. The van der Waals surface area contributed by atoms with E-state index in [1.54, 1.807) is 0 Å². The first kappa shape index (κ1) is 14.1. The Hall–Kier alpha value is -1.90. The van der Waals surface area contributed by atoms with Crippen LogP contribution in [0, 0.1) is 0 Å². The number of hydrogen-bond donors (Lipinski definition) is 1. The smallest absolute Gasteiger partial charge is 0.134 e. The molecule has 1 aromatic carbocycles. The van der Waals surface area contributed by atoms with Gasteiger partial charge in [-0.25, -0.2) is 9.97 Å². The molecule has 110 valence electrons. The minimum Gasteiger partial charge on any atom is -0.370 e. The van der Waals surface area contributed by atoms with Crippen LogP contribution in [0.4, 0.5) is 5.82 Å². The number of anilines is 1. The Morgan fingerprint density at radius 1 is 1.14 bits per heavy atom. The molecule has 3 rings (SSSR count). The number of hydrogen-bond acceptors (Lipinski definition) is 3. The van der Waals surface area contributed by atoms with Gasteiger partial charge in [0, 0.05) is 24.2 Å². The molecule has 0 saturated carbocycles. The molecule has 1 aliphatic carbocycles. The van der Waals surface area contributed by atoms with Crippen molar-refractivity contribution < 1.29 is 0 Å². The van der Waals surface area contributed by atoms with Crippen LogP contribution in [0.3, 0.4) is 0 Å². The SMILES string of the molecule is CCNc1cc(C(C)C)nc(C2Cc3ccccc3C2)n1. The molecule has 0 fully saturated rings. The van der Waals surface area contributed by atoms with Gasteiger partial charge < -0.3 is 5.32 Å². The second-order valence-electron chi connectivity index (χ2n) is 6.10. The van der Waals surface area contributed by atoms with Crippen molar-refractivity contribution in [2.75, 3.05) is 11.9 Å². The van der Waals surface area contributed by atoms with E-state index in [0.717, 1.165) is 36.7 Å². The van der Waals surface area contributed by atoms with Crippen LogP contribution >= 0.6 is 0 Å². The quantitative estimate of drug-likeness (QED) is 0.923. The molecule has 1 aliphatic rings. The van der Waals surface area contributed by atoms with Gasteiger partial charge in [0.05, 0.1) is 0 Å². The number of nitrogens with zero attached hydrogens (tertiary/aromatic N) is 2. The molecule has 1 aromatic heterocycles. The molecule has 2 aromatic rings. The number of aromatic nitrogens is 2. The fourth-order valence-corrected chi connectivity index (χ4v) is 2.98. The molecule has 0 amide bonds. The maximum absolute atomic E-state index is 4.83. The van der Waals surface area contributed by atoms with E-state index in [1.807, 2.05) is 0 Å². The highest BCUT2D eigenvalue weighted by Crippen LogP contribution is 2.33. The van der Waals surface area contributed by atoms with E-state index in [-0.39, 0.29) is 0 Å². The number of benzene rings is 1. The van der Waals surface area contributed by atoms with Gasteiger partial charge in [0.2, 0.25) is 0 Å². The summed E-state index contributed by atoms with van der Waals surface area (Å²) in [6.07, 6.45) is 2.12. The van der Waals surface area contributed by atoms with Crippen LogP contribution < -0.4 is 5.32 Å². The predicted octanol–water partition coefficient (Wildman–Crippen LogP) is 3.91. The van der Waals surface area contributed by atoms with Gasteiger partial charge in [0.25, 0.3) is 0 Å². The molecule has 0 saturated heterocycles. The zero-order valence-corrected chi connectivity index (χ0v) is 13.1. The third-order valence-electron chi connectivity index (χ3n) is 4.13. The molecule has 0 spiro atoms. The van der Waals surface area contributed by atoms with Crippen molar-refractivity contribution in [3.8, 4) is 0 Å². The van der Waals surface area contributed by atoms with Crippen molar-refractivity contribution in [2.45, 2.75) is 45.4 Å². The zero-order valence-electron chi connectivity index (χ0n) is 13.1. The summed E-state index contributed by atoms with van der Waals surface area (Å²) in [5, 5.41) is 3.34. The Morgan fingerprint density at radius 2 is 1.81 bits per heavy atom. The summed E-state index contributed by atoms with van der Waals surface area (Å²) < 4.78 is 0. The minimum absolute atomic E-state index is 0.415. The third-order valence-corrected chi connectivity index (χ3v) is 4.13. The van der Waals surface area contributed by atoms with Gasteiger partial charge >= 0.3 is 0 Å². The van der Waals surface area contributed by atoms with Crippen molar-refractivity contribution in [3.05, 3.63) is 53.0 Å². The first-order valence-corrected chi connectivity index (χ1v) is 7.87. The van der Waals surface area contributed by atoms with Gasteiger partial charge in [-0.3, -0.25) is 0 Å². The van der Waals surface area contributed by atoms with E-state index in [1.165, 1.54) is 11.1 Å². The van der Waals surface area contributed by atoms with Crippen LogP contribution in [-0.2, 0) is 12.8 Å². The lowest BCUT2D eigenvalue weighted by atomic mass is 10.0. The van der Waals surface area contributed by atoms with E-state index < -0.39 is 0 Å². The van der Waals surface area contributed by atoms with Crippen LogP contribution in [0.2, 0.25) is 0 Å². The average molecular weight is 281 g/mol. The summed E-state index contributed by atoms with van der Waals surface area (Å²) >= 11 is 0. The fraction of sp³-hybridized carbons (Fsp3) is 0.444. The summed E-state index contributed by atoms with van der Waals surface area (Å²) in [7, 11) is 0. The van der Waals surface area contributed by atoms with E-state index in [0.29, 0.717) is 11.8 Å². The lowest BCUT2D eigenvalue weighted by Gasteiger charge is -2.14. The highest BCUT2D eigenvalue weighted by atomic mass is 15.0. The molecule has 1 heterocycles. The van der Waals surface area contributed by atoms with Gasteiger partial charge in [-0.05, 0) is 36.8 Å². The molecule has 0 radical (unpaired) electrons. The van der Waals surface area contributed by atoms with E-state index >= 15 is 0 Å². The van der Waals surface area contributed by atoms with Crippen molar-refractivity contribution in [1.82, 2.24) is 9.97 Å². The number of fused-ring (bicyclic) bond motifs is 1. The third kappa shape index (κ3) is 2.92. The highest BCUT2D eigenvalue weighted by Gasteiger charge is 2.25. The van der Waals surface area contributed by atoms with Crippen LogP contribution in [0.1, 0.15) is 55.3 Å². The Bertz CT molecular complexity index is 609. The van der Waals surface area contributed by atoms with Gasteiger partial charge in [-0.1, -0.05) is 38.1 Å². The first-order chi connectivity index (χ1) is 10.2. The van der Waals surface area contributed by atoms with Crippen molar-refractivity contribution in [2.24, 2.45) is 0 Å². The minimum atomic E-state index is 0.415. The Kier molecular flexibility index (Phi) is 3.91. The Balaban J connectivity index is 1.92. The standard InChI is InChI=1S/C18H23N3/c1-4-19-17-11-16(12(2)3)20-18(21-17)15-9-13-7-5-6-8-14(13)10-15/h5-8,11-12,15H,4,9-10H2,1-3H3,(H,19,20,21). The average Bonchev–Trinajstić information content (AvgIpc) is 2.91. The molecule has 0 atom stereocenters. The number of rotatable bonds is 4. The summed E-state index contributed by atoms with van der Waals surface area (Å²) in [6.45, 7) is 7.36. The summed E-state index contributed by atoms with van der Waals surface area (Å²) in [4.78, 5) is 9.58. The number of nitrogens with one attached hydrogen (secondary N) is 1. The summed E-state index contributed by atoms with van der Waals surface area (Å²) in [6, 6.07) is 10.8. The largest absolute Gasteiger partial charge is 0.370 e. The second kappa shape index (κ2) is 5.84. The monoisotopic (exact) mass is 281 g/mol. The summed E-state index contributed by atoms with van der Waals surface area (Å²) in [5.74, 6) is 2.79. The lowest BCUT2D eigenvalue weighted by Crippen LogP contribution is -2.11. The second-order valence-corrected chi connectivity index (χ2v) is 6.10. The summed E-state index contributed by atoms with van der Waals surface area (Å²) in [5.41, 5.74) is 4.03. The zero-order chi connectivity index (χ0) is 14.8. The van der Waals surface area contributed by atoms with Gasteiger partial charge in [-0.15, -0.1) is 0 Å². The molecule has 3 heteroatoms. The molecule has 1 N–H and O–H groups in total. The molecular weight excluding hydrogens is 258 g/mol. The molecule has 3 nitrogen and oxygen atoms in total. The molecule has 0 bridgehead atoms. The van der Waals surface area contributed by atoms with Gasteiger partial charge in [0.15, 0.2) is 0 Å². The van der Waals surface area contributed by atoms with E-state index in [9.17, 15) is 0 Å². The first-order valence-electron chi connectivity index (χ1n) is 7.87. The van der Waals surface area contributed by atoms with Crippen molar-refractivity contribution in [3.63, 3.8) is 0 Å². The predicted molar refractivity (Wildman–Crippen MR) is 86.9 cm³/mol. The van der Waals surface area contributed by atoms with E-state index in [4.69, 9.17) is 9.97 Å². The van der Waals surface area contributed by atoms with Gasteiger partial charge in [0.1, 0.15) is 11.6 Å². The van der Waals surface area contributed by atoms with Gasteiger partial charge in [-0.2, -0.15) is 0 Å².